The van der Waals surface area contributed by atoms with Gasteiger partial charge in [-0.1, -0.05) is 24.3 Å². The first kappa shape index (κ1) is 16.0. The highest BCUT2D eigenvalue weighted by atomic mass is 16.4. The molecule has 6 heteroatoms. The Balaban J connectivity index is 2.18. The minimum Gasteiger partial charge on any atom is -0.479 e. The molecular weight excluding hydrogens is 260 g/mol. The van der Waals surface area contributed by atoms with E-state index < -0.39 is 12.1 Å². The number of aliphatic hydroxyl groups is 1. The number of carbonyl (C=O) groups excluding carboxylic acids is 1. The Labute approximate surface area is 117 Å². The van der Waals surface area contributed by atoms with Gasteiger partial charge in [-0.25, -0.2) is 9.59 Å². The number of nitrogens with one attached hydrogen (secondary N) is 2. The molecule has 0 aromatic heterocycles. The maximum atomic E-state index is 11.4. The van der Waals surface area contributed by atoms with Crippen molar-refractivity contribution in [2.75, 3.05) is 13.1 Å². The molecule has 0 aliphatic heterocycles. The Hall–Kier alpha value is -2.08. The second-order valence-corrected chi connectivity index (χ2v) is 4.50. The number of aliphatic carboxylic acids is 1. The second-order valence-electron chi connectivity index (χ2n) is 4.50. The van der Waals surface area contributed by atoms with Crippen LogP contribution in [-0.4, -0.2) is 41.4 Å². The Morgan fingerprint density at radius 2 is 1.85 bits per heavy atom. The normalized spacial score (nSPS) is 11.7. The van der Waals surface area contributed by atoms with Gasteiger partial charge < -0.3 is 20.8 Å². The smallest absolute Gasteiger partial charge is 0.332 e. The summed E-state index contributed by atoms with van der Waals surface area (Å²) in [6.07, 6.45) is -0.722. The zero-order valence-corrected chi connectivity index (χ0v) is 11.4. The van der Waals surface area contributed by atoms with Crippen LogP contribution in [0.15, 0.2) is 24.3 Å². The molecule has 0 heterocycles. The zero-order valence-electron chi connectivity index (χ0n) is 11.4. The molecule has 4 N–H and O–H groups in total. The minimum atomic E-state index is -1.44. The number of amides is 2. The van der Waals surface area contributed by atoms with Crippen molar-refractivity contribution in [2.45, 2.75) is 25.9 Å². The average molecular weight is 280 g/mol. The van der Waals surface area contributed by atoms with Crippen LogP contribution in [0.25, 0.3) is 0 Å². The Morgan fingerprint density at radius 3 is 2.50 bits per heavy atom. The monoisotopic (exact) mass is 280 g/mol. The number of carbonyl (C=O) groups is 2. The molecule has 0 saturated heterocycles. The number of hydrogen-bond donors (Lipinski definition) is 4. The highest BCUT2D eigenvalue weighted by molar-refractivity contribution is 5.74. The minimum absolute atomic E-state index is 0.0133. The van der Waals surface area contributed by atoms with E-state index in [-0.39, 0.29) is 19.0 Å². The van der Waals surface area contributed by atoms with Gasteiger partial charge in [-0.15, -0.1) is 0 Å². The molecule has 6 nitrogen and oxygen atoms in total. The Morgan fingerprint density at radius 1 is 1.20 bits per heavy atom. The van der Waals surface area contributed by atoms with Crippen molar-refractivity contribution in [3.8, 4) is 0 Å². The topological polar surface area (TPSA) is 98.7 Å². The molecule has 1 aromatic rings. The molecule has 0 bridgehead atoms. The van der Waals surface area contributed by atoms with Crippen LogP contribution in [0.5, 0.6) is 0 Å². The third kappa shape index (κ3) is 5.71. The summed E-state index contributed by atoms with van der Waals surface area (Å²) >= 11 is 0. The number of benzene rings is 1. The lowest BCUT2D eigenvalue weighted by atomic mass is 10.1. The van der Waals surface area contributed by atoms with Gasteiger partial charge in [0.25, 0.3) is 0 Å². The van der Waals surface area contributed by atoms with Gasteiger partial charge in [0.05, 0.1) is 0 Å². The van der Waals surface area contributed by atoms with Crippen LogP contribution in [0.3, 0.4) is 0 Å². The maximum Gasteiger partial charge on any atom is 0.332 e. The quantitative estimate of drug-likeness (QED) is 0.590. The Kier molecular flexibility index (Phi) is 6.52. The SMILES string of the molecule is Cc1ccccc1CCNC(=O)NCC[C@H](O)C(=O)O. The van der Waals surface area contributed by atoms with Crippen molar-refractivity contribution in [1.82, 2.24) is 10.6 Å². The predicted octanol–water partition coefficient (Wildman–Crippen LogP) is 0.672. The molecule has 0 spiro atoms. The molecule has 1 aromatic carbocycles. The van der Waals surface area contributed by atoms with Gasteiger partial charge in [0, 0.05) is 19.5 Å². The number of carboxylic acid groups (broad SMARTS) is 1. The van der Waals surface area contributed by atoms with Crippen LogP contribution in [0.2, 0.25) is 0 Å². The molecule has 110 valence electrons. The first-order valence-electron chi connectivity index (χ1n) is 6.47. The van der Waals surface area contributed by atoms with E-state index in [1.54, 1.807) is 0 Å². The molecule has 0 unspecified atom stereocenters. The Bertz CT molecular complexity index is 462. The van der Waals surface area contributed by atoms with E-state index in [4.69, 9.17) is 10.2 Å². The van der Waals surface area contributed by atoms with E-state index in [9.17, 15) is 9.59 Å². The largest absolute Gasteiger partial charge is 0.479 e. The van der Waals surface area contributed by atoms with E-state index >= 15 is 0 Å². The van der Waals surface area contributed by atoms with E-state index in [1.165, 1.54) is 11.1 Å². The van der Waals surface area contributed by atoms with Crippen LogP contribution >= 0.6 is 0 Å². The lowest BCUT2D eigenvalue weighted by Crippen LogP contribution is -2.38. The summed E-state index contributed by atoms with van der Waals surface area (Å²) in [5.41, 5.74) is 2.35. The highest BCUT2D eigenvalue weighted by Gasteiger charge is 2.12. The number of rotatable bonds is 7. The van der Waals surface area contributed by atoms with E-state index in [1.807, 2.05) is 31.2 Å². The zero-order chi connectivity index (χ0) is 15.0. The number of aliphatic hydroxyl groups excluding tert-OH is 1. The van der Waals surface area contributed by atoms with Gasteiger partial charge in [-0.2, -0.15) is 0 Å². The number of aryl methyl sites for hydroxylation is 1. The first-order chi connectivity index (χ1) is 9.50. The molecule has 20 heavy (non-hydrogen) atoms. The lowest BCUT2D eigenvalue weighted by molar-refractivity contribution is -0.146. The van der Waals surface area contributed by atoms with Crippen molar-refractivity contribution in [2.24, 2.45) is 0 Å². The van der Waals surface area contributed by atoms with Gasteiger partial charge in [0.1, 0.15) is 0 Å². The summed E-state index contributed by atoms with van der Waals surface area (Å²) in [7, 11) is 0. The lowest BCUT2D eigenvalue weighted by Gasteiger charge is -2.10. The summed E-state index contributed by atoms with van der Waals surface area (Å²) < 4.78 is 0. The summed E-state index contributed by atoms with van der Waals surface area (Å²) in [4.78, 5) is 21.8. The van der Waals surface area contributed by atoms with Crippen molar-refractivity contribution in [3.63, 3.8) is 0 Å². The van der Waals surface area contributed by atoms with Crippen molar-refractivity contribution in [3.05, 3.63) is 35.4 Å². The van der Waals surface area contributed by atoms with E-state index in [0.717, 1.165) is 6.42 Å². The highest BCUT2D eigenvalue weighted by Crippen LogP contribution is 2.06. The predicted molar refractivity (Wildman–Crippen MR) is 74.5 cm³/mol. The standard InChI is InChI=1S/C14H20N2O4/c1-10-4-2-3-5-11(10)6-8-15-14(20)16-9-7-12(17)13(18)19/h2-5,12,17H,6-9H2,1H3,(H,18,19)(H2,15,16,20)/t12-/m0/s1. The van der Waals surface area contributed by atoms with Crippen molar-refractivity contribution >= 4 is 12.0 Å². The van der Waals surface area contributed by atoms with Gasteiger partial charge in [0.15, 0.2) is 6.10 Å². The molecule has 2 amide bonds. The molecule has 1 atom stereocenters. The fraction of sp³-hybridized carbons (Fsp3) is 0.429. The fourth-order valence-electron chi connectivity index (χ4n) is 1.71. The first-order valence-corrected chi connectivity index (χ1v) is 6.47. The van der Waals surface area contributed by atoms with E-state index in [2.05, 4.69) is 10.6 Å². The third-order valence-electron chi connectivity index (χ3n) is 2.93. The van der Waals surface area contributed by atoms with Crippen LogP contribution in [-0.2, 0) is 11.2 Å². The summed E-state index contributed by atoms with van der Waals surface area (Å²) in [5.74, 6) is -1.29. The van der Waals surface area contributed by atoms with Crippen molar-refractivity contribution in [1.29, 1.82) is 0 Å². The summed E-state index contributed by atoms with van der Waals surface area (Å²) in [5, 5.41) is 22.7. The third-order valence-corrected chi connectivity index (χ3v) is 2.93. The van der Waals surface area contributed by atoms with Crippen LogP contribution < -0.4 is 10.6 Å². The molecule has 0 aliphatic carbocycles. The number of carboxylic acids is 1. The van der Waals surface area contributed by atoms with Gasteiger partial charge in [-0.05, 0) is 24.5 Å². The molecule has 0 radical (unpaired) electrons. The number of hydrogen-bond acceptors (Lipinski definition) is 3. The van der Waals surface area contributed by atoms with Crippen LogP contribution in [0.4, 0.5) is 4.79 Å². The summed E-state index contributed by atoms with van der Waals surface area (Å²) in [6.45, 7) is 2.63. The van der Waals surface area contributed by atoms with Gasteiger partial charge in [0.2, 0.25) is 0 Å². The van der Waals surface area contributed by atoms with Crippen LogP contribution in [0, 0.1) is 6.92 Å². The maximum absolute atomic E-state index is 11.4. The van der Waals surface area contributed by atoms with Crippen molar-refractivity contribution < 1.29 is 19.8 Å². The van der Waals surface area contributed by atoms with Gasteiger partial charge in [-0.3, -0.25) is 0 Å². The van der Waals surface area contributed by atoms with Crippen LogP contribution in [0.1, 0.15) is 17.5 Å². The number of urea groups is 1. The molecular formula is C14H20N2O4. The average Bonchev–Trinajstić information content (AvgIpc) is 2.40. The molecule has 1 rings (SSSR count). The molecule has 0 aliphatic rings. The summed E-state index contributed by atoms with van der Waals surface area (Å²) in [6, 6.07) is 7.58. The fourth-order valence-corrected chi connectivity index (χ4v) is 1.71. The van der Waals surface area contributed by atoms with E-state index in [0.29, 0.717) is 6.54 Å². The molecule has 0 saturated carbocycles. The second kappa shape index (κ2) is 8.16. The van der Waals surface area contributed by atoms with Gasteiger partial charge >= 0.3 is 12.0 Å². The molecule has 0 fully saturated rings.